The van der Waals surface area contributed by atoms with Crippen molar-refractivity contribution in [3.8, 4) is 5.75 Å². The summed E-state index contributed by atoms with van der Waals surface area (Å²) in [5, 5.41) is 3.64. The molecule has 3 nitrogen and oxygen atoms in total. The minimum absolute atomic E-state index is 0.0800. The second kappa shape index (κ2) is 6.37. The highest BCUT2D eigenvalue weighted by Crippen LogP contribution is 2.41. The number of carbonyl (C=O) groups is 1. The zero-order valence-corrected chi connectivity index (χ0v) is 13.6. The number of hydrogen-bond donors (Lipinski definition) is 1. The Balaban J connectivity index is 1.59. The first-order valence-electron chi connectivity index (χ1n) is 6.72. The third-order valence-corrected chi connectivity index (χ3v) is 4.52. The highest BCUT2D eigenvalue weighted by atomic mass is 35.5. The first-order chi connectivity index (χ1) is 10.5. The van der Waals surface area contributed by atoms with E-state index < -0.39 is 6.09 Å². The Morgan fingerprint density at radius 3 is 2.45 bits per heavy atom. The SMILES string of the molecule is O=C(NC1CC1c1ccccc1)Oc1cc(Cl)c(Cl)cc1Cl. The van der Waals surface area contributed by atoms with E-state index in [2.05, 4.69) is 5.32 Å². The minimum atomic E-state index is -0.552. The Labute approximate surface area is 143 Å². The average molecular weight is 357 g/mol. The smallest absolute Gasteiger partial charge is 0.409 e. The standard InChI is InChI=1S/C16H12Cl3NO2/c17-11-7-13(19)15(8-12(11)18)22-16(21)20-14-6-10(14)9-4-2-1-3-5-9/h1-5,7-8,10,14H,6H2,(H,20,21). The van der Waals surface area contributed by atoms with Crippen LogP contribution in [0.1, 0.15) is 17.9 Å². The van der Waals surface area contributed by atoms with Crippen molar-refractivity contribution in [2.75, 3.05) is 0 Å². The summed E-state index contributed by atoms with van der Waals surface area (Å²) in [6.45, 7) is 0. The molecular weight excluding hydrogens is 345 g/mol. The highest BCUT2D eigenvalue weighted by Gasteiger charge is 2.39. The number of ether oxygens (including phenoxy) is 1. The van der Waals surface area contributed by atoms with Crippen molar-refractivity contribution in [3.63, 3.8) is 0 Å². The maximum atomic E-state index is 11.9. The molecule has 0 radical (unpaired) electrons. The number of amides is 1. The summed E-state index contributed by atoms with van der Waals surface area (Å²) in [6, 6.07) is 13.0. The van der Waals surface area contributed by atoms with E-state index in [0.717, 1.165) is 6.42 Å². The number of carbonyl (C=O) groups excluding carboxylic acids is 1. The Bertz CT molecular complexity index is 706. The van der Waals surface area contributed by atoms with Crippen LogP contribution in [0.3, 0.4) is 0 Å². The Morgan fingerprint density at radius 2 is 1.73 bits per heavy atom. The molecule has 0 bridgehead atoms. The molecule has 1 fully saturated rings. The third-order valence-electron chi connectivity index (χ3n) is 3.50. The molecule has 1 N–H and O–H groups in total. The lowest BCUT2D eigenvalue weighted by Gasteiger charge is -2.09. The van der Waals surface area contributed by atoms with Crippen molar-refractivity contribution in [3.05, 3.63) is 63.1 Å². The Kier molecular flexibility index (Phi) is 4.48. The lowest BCUT2D eigenvalue weighted by atomic mass is 10.1. The van der Waals surface area contributed by atoms with Gasteiger partial charge < -0.3 is 10.1 Å². The summed E-state index contributed by atoms with van der Waals surface area (Å²) < 4.78 is 5.19. The van der Waals surface area contributed by atoms with Crippen LogP contribution >= 0.6 is 34.8 Å². The summed E-state index contributed by atoms with van der Waals surface area (Å²) in [6.07, 6.45) is 0.345. The van der Waals surface area contributed by atoms with Crippen LogP contribution in [0.15, 0.2) is 42.5 Å². The zero-order chi connectivity index (χ0) is 15.7. The molecule has 1 aliphatic rings. The number of halogens is 3. The molecule has 1 aliphatic carbocycles. The maximum Gasteiger partial charge on any atom is 0.412 e. The van der Waals surface area contributed by atoms with Crippen LogP contribution in [-0.4, -0.2) is 12.1 Å². The van der Waals surface area contributed by atoms with Gasteiger partial charge in [-0.2, -0.15) is 0 Å². The highest BCUT2D eigenvalue weighted by molar-refractivity contribution is 6.43. The molecule has 2 aromatic carbocycles. The second-order valence-electron chi connectivity index (χ2n) is 5.09. The third kappa shape index (κ3) is 3.49. The fraction of sp³-hybridized carbons (Fsp3) is 0.188. The van der Waals surface area contributed by atoms with Crippen LogP contribution in [0.5, 0.6) is 5.75 Å². The molecule has 22 heavy (non-hydrogen) atoms. The van der Waals surface area contributed by atoms with Crippen LogP contribution in [0.25, 0.3) is 0 Å². The Morgan fingerprint density at radius 1 is 1.05 bits per heavy atom. The van der Waals surface area contributed by atoms with Gasteiger partial charge in [0.25, 0.3) is 0 Å². The van der Waals surface area contributed by atoms with E-state index in [4.69, 9.17) is 39.5 Å². The van der Waals surface area contributed by atoms with Crippen molar-refractivity contribution in [2.24, 2.45) is 0 Å². The summed E-state index contributed by atoms with van der Waals surface area (Å²) >= 11 is 17.7. The van der Waals surface area contributed by atoms with Gasteiger partial charge in [-0.15, -0.1) is 0 Å². The van der Waals surface area contributed by atoms with E-state index in [0.29, 0.717) is 10.9 Å². The predicted octanol–water partition coefficient (Wildman–Crippen LogP) is 5.29. The minimum Gasteiger partial charge on any atom is -0.409 e. The molecule has 6 heteroatoms. The molecule has 0 heterocycles. The molecule has 0 aliphatic heterocycles. The van der Waals surface area contributed by atoms with Gasteiger partial charge in [-0.3, -0.25) is 0 Å². The number of rotatable bonds is 3. The van der Waals surface area contributed by atoms with E-state index in [1.807, 2.05) is 30.3 Å². The average Bonchev–Trinajstić information content (AvgIpc) is 3.25. The van der Waals surface area contributed by atoms with Gasteiger partial charge >= 0.3 is 6.09 Å². The predicted molar refractivity (Wildman–Crippen MR) is 88.2 cm³/mol. The van der Waals surface area contributed by atoms with Crippen molar-refractivity contribution in [1.29, 1.82) is 0 Å². The molecule has 0 saturated heterocycles. The monoisotopic (exact) mass is 355 g/mol. The summed E-state index contributed by atoms with van der Waals surface area (Å²) in [5.74, 6) is 0.517. The van der Waals surface area contributed by atoms with E-state index >= 15 is 0 Å². The van der Waals surface area contributed by atoms with Gasteiger partial charge in [0.15, 0.2) is 5.75 Å². The summed E-state index contributed by atoms with van der Waals surface area (Å²) in [5.41, 5.74) is 1.21. The molecular formula is C16H12Cl3NO2. The molecule has 2 aromatic rings. The number of benzene rings is 2. The quantitative estimate of drug-likeness (QED) is 0.759. The second-order valence-corrected chi connectivity index (χ2v) is 6.31. The van der Waals surface area contributed by atoms with Gasteiger partial charge in [-0.25, -0.2) is 4.79 Å². The van der Waals surface area contributed by atoms with E-state index in [9.17, 15) is 4.79 Å². The molecule has 0 spiro atoms. The van der Waals surface area contributed by atoms with Gasteiger partial charge in [-0.1, -0.05) is 65.1 Å². The van der Waals surface area contributed by atoms with Crippen LogP contribution in [0.4, 0.5) is 4.79 Å². The number of nitrogens with one attached hydrogen (secondary N) is 1. The van der Waals surface area contributed by atoms with Crippen LogP contribution in [0, 0.1) is 0 Å². The van der Waals surface area contributed by atoms with Crippen LogP contribution in [-0.2, 0) is 0 Å². The molecule has 2 unspecified atom stereocenters. The fourth-order valence-electron chi connectivity index (χ4n) is 2.29. The van der Waals surface area contributed by atoms with Crippen molar-refractivity contribution >= 4 is 40.9 Å². The molecule has 2 atom stereocenters. The zero-order valence-electron chi connectivity index (χ0n) is 11.4. The van der Waals surface area contributed by atoms with Gasteiger partial charge in [0.1, 0.15) is 0 Å². The van der Waals surface area contributed by atoms with E-state index in [1.165, 1.54) is 17.7 Å². The van der Waals surface area contributed by atoms with Crippen LogP contribution < -0.4 is 10.1 Å². The van der Waals surface area contributed by atoms with Crippen LogP contribution in [0.2, 0.25) is 15.1 Å². The van der Waals surface area contributed by atoms with Gasteiger partial charge in [-0.05, 0) is 18.1 Å². The normalized spacial score (nSPS) is 19.6. The molecule has 0 aromatic heterocycles. The molecule has 1 saturated carbocycles. The number of hydrogen-bond acceptors (Lipinski definition) is 2. The lowest BCUT2D eigenvalue weighted by Crippen LogP contribution is -2.29. The molecule has 114 valence electrons. The van der Waals surface area contributed by atoms with E-state index in [-0.39, 0.29) is 21.8 Å². The largest absolute Gasteiger partial charge is 0.412 e. The Hall–Kier alpha value is -1.42. The summed E-state index contributed by atoms with van der Waals surface area (Å²) in [7, 11) is 0. The van der Waals surface area contributed by atoms with E-state index in [1.54, 1.807) is 0 Å². The topological polar surface area (TPSA) is 38.3 Å². The summed E-state index contributed by atoms with van der Waals surface area (Å²) in [4.78, 5) is 11.9. The molecule has 3 rings (SSSR count). The van der Waals surface area contributed by atoms with Gasteiger partial charge in [0.05, 0.1) is 15.1 Å². The van der Waals surface area contributed by atoms with Gasteiger partial charge in [0.2, 0.25) is 0 Å². The van der Waals surface area contributed by atoms with Crippen molar-refractivity contribution in [2.45, 2.75) is 18.4 Å². The maximum absolute atomic E-state index is 11.9. The first-order valence-corrected chi connectivity index (χ1v) is 7.86. The molecule has 1 amide bonds. The first kappa shape index (κ1) is 15.5. The van der Waals surface area contributed by atoms with Crippen molar-refractivity contribution in [1.82, 2.24) is 5.32 Å². The lowest BCUT2D eigenvalue weighted by molar-refractivity contribution is 0.200. The van der Waals surface area contributed by atoms with Crippen molar-refractivity contribution < 1.29 is 9.53 Å². The fourth-order valence-corrected chi connectivity index (χ4v) is 2.86. The van der Waals surface area contributed by atoms with Gasteiger partial charge in [0, 0.05) is 18.0 Å².